The lowest BCUT2D eigenvalue weighted by Crippen LogP contribution is -2.52. The van der Waals surface area contributed by atoms with Crippen LogP contribution in [0.1, 0.15) is 38.3 Å². The van der Waals surface area contributed by atoms with E-state index in [1.54, 1.807) is 30.3 Å². The second kappa shape index (κ2) is 11.8. The summed E-state index contributed by atoms with van der Waals surface area (Å²) in [5.74, 6) is -0.403. The molecule has 0 saturated heterocycles. The molecule has 2 aromatic carbocycles. The lowest BCUT2D eigenvalue weighted by molar-refractivity contribution is -0.140. The molecule has 0 aromatic heterocycles. The van der Waals surface area contributed by atoms with Gasteiger partial charge in [-0.15, -0.1) is 0 Å². The van der Waals surface area contributed by atoms with Gasteiger partial charge in [-0.2, -0.15) is 0 Å². The monoisotopic (exact) mass is 473 g/mol. The number of carbonyl (C=O) groups excluding carboxylic acids is 2. The number of hydrogen-bond acceptors (Lipinski definition) is 4. The molecule has 0 saturated carbocycles. The van der Waals surface area contributed by atoms with Gasteiger partial charge in [-0.3, -0.25) is 13.9 Å². The predicted molar refractivity (Wildman–Crippen MR) is 132 cm³/mol. The topological polar surface area (TPSA) is 86.8 Å². The Bertz CT molecular complexity index is 1020. The third-order valence-corrected chi connectivity index (χ3v) is 6.41. The van der Waals surface area contributed by atoms with Crippen LogP contribution in [0.5, 0.6) is 0 Å². The highest BCUT2D eigenvalue weighted by atomic mass is 32.2. The van der Waals surface area contributed by atoms with Gasteiger partial charge in [0.05, 0.1) is 11.9 Å². The first-order valence-corrected chi connectivity index (χ1v) is 13.0. The third kappa shape index (κ3) is 7.89. The van der Waals surface area contributed by atoms with Crippen molar-refractivity contribution >= 4 is 27.5 Å². The number of para-hydroxylation sites is 1. The standard InChI is InChI=1S/C25H35N3O4S/c1-6-23(25(30)26-16-19(2)3)27(17-21-14-12-20(4)13-15-21)24(29)18-28(33(5,31)32)22-10-8-7-9-11-22/h7-15,19,23H,6,16-18H2,1-5H3,(H,26,30)/t23-/m0/s1. The summed E-state index contributed by atoms with van der Waals surface area (Å²) in [4.78, 5) is 28.0. The highest BCUT2D eigenvalue weighted by Gasteiger charge is 2.31. The van der Waals surface area contributed by atoms with Crippen LogP contribution in [0.4, 0.5) is 5.69 Å². The minimum absolute atomic E-state index is 0.207. The molecule has 0 unspecified atom stereocenters. The Kier molecular flexibility index (Phi) is 9.46. The van der Waals surface area contributed by atoms with Crippen LogP contribution in [0.2, 0.25) is 0 Å². The van der Waals surface area contributed by atoms with Gasteiger partial charge in [-0.25, -0.2) is 8.42 Å². The van der Waals surface area contributed by atoms with Crippen LogP contribution in [-0.2, 0) is 26.2 Å². The van der Waals surface area contributed by atoms with Gasteiger partial charge in [0, 0.05) is 13.1 Å². The Morgan fingerprint density at radius 3 is 2.12 bits per heavy atom. The number of rotatable bonds is 11. The van der Waals surface area contributed by atoms with Gasteiger partial charge in [-0.1, -0.05) is 68.8 Å². The van der Waals surface area contributed by atoms with Crippen molar-refractivity contribution in [1.82, 2.24) is 10.2 Å². The highest BCUT2D eigenvalue weighted by Crippen LogP contribution is 2.19. The maximum atomic E-state index is 13.5. The largest absolute Gasteiger partial charge is 0.354 e. The molecule has 0 spiro atoms. The van der Waals surface area contributed by atoms with E-state index in [0.29, 0.717) is 18.7 Å². The smallest absolute Gasteiger partial charge is 0.244 e. The zero-order valence-electron chi connectivity index (χ0n) is 20.1. The lowest BCUT2D eigenvalue weighted by atomic mass is 10.1. The molecule has 33 heavy (non-hydrogen) atoms. The van der Waals surface area contributed by atoms with E-state index in [0.717, 1.165) is 21.7 Å². The summed E-state index contributed by atoms with van der Waals surface area (Å²) < 4.78 is 26.1. The van der Waals surface area contributed by atoms with Gasteiger partial charge in [-0.05, 0) is 37.0 Å². The summed E-state index contributed by atoms with van der Waals surface area (Å²) in [7, 11) is -3.71. The van der Waals surface area contributed by atoms with E-state index in [4.69, 9.17) is 0 Å². The molecule has 0 fully saturated rings. The van der Waals surface area contributed by atoms with E-state index in [-0.39, 0.29) is 24.9 Å². The van der Waals surface area contributed by atoms with E-state index in [1.807, 2.05) is 52.0 Å². The normalized spacial score (nSPS) is 12.3. The molecule has 0 heterocycles. The molecule has 0 aliphatic heterocycles. The summed E-state index contributed by atoms with van der Waals surface area (Å²) >= 11 is 0. The van der Waals surface area contributed by atoms with Crippen LogP contribution < -0.4 is 9.62 Å². The van der Waals surface area contributed by atoms with Crippen LogP contribution in [0, 0.1) is 12.8 Å². The molecule has 1 atom stereocenters. The zero-order chi connectivity index (χ0) is 24.6. The fraction of sp³-hybridized carbons (Fsp3) is 0.440. The maximum absolute atomic E-state index is 13.5. The Labute approximate surface area is 197 Å². The molecule has 2 amide bonds. The highest BCUT2D eigenvalue weighted by molar-refractivity contribution is 7.92. The molecule has 2 aromatic rings. The van der Waals surface area contributed by atoms with Crippen molar-refractivity contribution in [1.29, 1.82) is 0 Å². The molecule has 2 rings (SSSR count). The molecule has 0 bridgehead atoms. The van der Waals surface area contributed by atoms with Crippen molar-refractivity contribution in [3.63, 3.8) is 0 Å². The molecule has 8 heteroatoms. The Morgan fingerprint density at radius 2 is 1.61 bits per heavy atom. The number of carbonyl (C=O) groups is 2. The lowest BCUT2D eigenvalue weighted by Gasteiger charge is -2.33. The number of nitrogens with one attached hydrogen (secondary N) is 1. The van der Waals surface area contributed by atoms with Gasteiger partial charge in [0.1, 0.15) is 12.6 Å². The second-order valence-electron chi connectivity index (χ2n) is 8.68. The Balaban J connectivity index is 2.38. The van der Waals surface area contributed by atoms with Crippen molar-refractivity contribution in [2.24, 2.45) is 5.92 Å². The van der Waals surface area contributed by atoms with Crippen molar-refractivity contribution < 1.29 is 18.0 Å². The number of amides is 2. The molecular weight excluding hydrogens is 438 g/mol. The fourth-order valence-corrected chi connectivity index (χ4v) is 4.29. The van der Waals surface area contributed by atoms with Crippen molar-refractivity contribution in [3.8, 4) is 0 Å². The second-order valence-corrected chi connectivity index (χ2v) is 10.6. The molecular formula is C25H35N3O4S. The van der Waals surface area contributed by atoms with E-state index >= 15 is 0 Å². The van der Waals surface area contributed by atoms with Crippen LogP contribution in [0.25, 0.3) is 0 Å². The summed E-state index contributed by atoms with van der Waals surface area (Å²) in [6.07, 6.45) is 1.48. The summed E-state index contributed by atoms with van der Waals surface area (Å²) in [5.41, 5.74) is 2.36. The number of sulfonamides is 1. The van der Waals surface area contributed by atoms with Crippen LogP contribution in [-0.4, -0.2) is 50.5 Å². The molecule has 180 valence electrons. The van der Waals surface area contributed by atoms with E-state index < -0.39 is 22.0 Å². The van der Waals surface area contributed by atoms with Gasteiger partial charge in [0.2, 0.25) is 21.8 Å². The SMILES string of the molecule is CC[C@@H](C(=O)NCC(C)C)N(Cc1ccc(C)cc1)C(=O)CN(c1ccccc1)S(C)(=O)=O. The average molecular weight is 474 g/mol. The van der Waals surface area contributed by atoms with Gasteiger partial charge < -0.3 is 10.2 Å². The predicted octanol–water partition coefficient (Wildman–Crippen LogP) is 3.34. The molecule has 7 nitrogen and oxygen atoms in total. The summed E-state index contributed by atoms with van der Waals surface area (Å²) in [6.45, 7) is 8.15. The number of benzene rings is 2. The van der Waals surface area contributed by atoms with Crippen molar-refractivity contribution in [3.05, 3.63) is 65.7 Å². The molecule has 1 N–H and O–H groups in total. The third-order valence-electron chi connectivity index (χ3n) is 5.27. The van der Waals surface area contributed by atoms with Crippen molar-refractivity contribution in [2.75, 3.05) is 23.7 Å². The van der Waals surface area contributed by atoms with Crippen LogP contribution in [0.15, 0.2) is 54.6 Å². The number of hydrogen-bond donors (Lipinski definition) is 1. The minimum Gasteiger partial charge on any atom is -0.354 e. The maximum Gasteiger partial charge on any atom is 0.244 e. The average Bonchev–Trinajstić information content (AvgIpc) is 2.76. The van der Waals surface area contributed by atoms with E-state index in [1.165, 1.54) is 4.90 Å². The van der Waals surface area contributed by atoms with Crippen LogP contribution in [0.3, 0.4) is 0 Å². The Morgan fingerprint density at radius 1 is 1.00 bits per heavy atom. The first-order valence-electron chi connectivity index (χ1n) is 11.2. The number of aryl methyl sites for hydroxylation is 1. The first-order chi connectivity index (χ1) is 15.5. The fourth-order valence-electron chi connectivity index (χ4n) is 3.44. The quantitative estimate of drug-likeness (QED) is 0.542. The van der Waals surface area contributed by atoms with E-state index in [2.05, 4.69) is 5.32 Å². The Hall–Kier alpha value is -2.87. The van der Waals surface area contributed by atoms with Crippen LogP contribution >= 0.6 is 0 Å². The summed E-state index contributed by atoms with van der Waals surface area (Å²) in [5, 5.41) is 2.91. The van der Waals surface area contributed by atoms with E-state index in [9.17, 15) is 18.0 Å². The molecule has 0 aliphatic rings. The number of nitrogens with zero attached hydrogens (tertiary/aromatic N) is 2. The first kappa shape index (κ1) is 26.4. The summed E-state index contributed by atoms with van der Waals surface area (Å²) in [6, 6.07) is 15.5. The number of anilines is 1. The van der Waals surface area contributed by atoms with Gasteiger partial charge in [0.25, 0.3) is 0 Å². The molecule has 0 aliphatic carbocycles. The van der Waals surface area contributed by atoms with Gasteiger partial charge in [0.15, 0.2) is 0 Å². The minimum atomic E-state index is -3.71. The van der Waals surface area contributed by atoms with Crippen molar-refractivity contribution in [2.45, 2.75) is 46.7 Å². The van der Waals surface area contributed by atoms with Gasteiger partial charge >= 0.3 is 0 Å². The zero-order valence-corrected chi connectivity index (χ0v) is 20.9. The molecule has 0 radical (unpaired) electrons.